The molecule has 3 saturated heterocycles. The van der Waals surface area contributed by atoms with Gasteiger partial charge in [0.1, 0.15) is 30.8 Å². The molecule has 2 bridgehead atoms. The van der Waals surface area contributed by atoms with Gasteiger partial charge < -0.3 is 45.4 Å². The number of aromatic nitrogens is 2. The number of alkyl carbamates (subject to hydrolysis) is 1. The van der Waals surface area contributed by atoms with Crippen molar-refractivity contribution in [2.75, 3.05) is 39.3 Å². The molecule has 2 amide bonds. The van der Waals surface area contributed by atoms with Crippen molar-refractivity contribution in [1.29, 1.82) is 0 Å². The molecule has 6 aromatic rings. The van der Waals surface area contributed by atoms with Crippen LogP contribution in [0.5, 0.6) is 11.5 Å². The van der Waals surface area contributed by atoms with Gasteiger partial charge >= 0.3 is 12.1 Å². The van der Waals surface area contributed by atoms with Gasteiger partial charge in [-0.1, -0.05) is 60.7 Å². The molecule has 2 aromatic heterocycles. The van der Waals surface area contributed by atoms with Crippen LogP contribution in [0, 0.1) is 5.92 Å². The molecule has 3 aliphatic heterocycles. The lowest BCUT2D eigenvalue weighted by Gasteiger charge is -2.43. The Morgan fingerprint density at radius 2 is 1.66 bits per heavy atom. The second-order valence-electron chi connectivity index (χ2n) is 16.0. The fourth-order valence-corrected chi connectivity index (χ4v) is 8.18. The number of aliphatic hydroxyl groups is 1. The van der Waals surface area contributed by atoms with E-state index in [1.54, 1.807) is 48.5 Å². The van der Waals surface area contributed by atoms with Gasteiger partial charge in [0.25, 0.3) is 5.91 Å². The minimum atomic E-state index is -0.925. The van der Waals surface area contributed by atoms with Crippen molar-refractivity contribution in [3.05, 3.63) is 171 Å². The fraction of sp³-hybridized carbons (Fsp3) is 0.286. The quantitative estimate of drug-likeness (QED) is 0.0495. The summed E-state index contributed by atoms with van der Waals surface area (Å²) in [5, 5.41) is 30.4. The molecular formula is C49H50N6O9. The molecule has 0 aliphatic carbocycles. The zero-order valence-corrected chi connectivity index (χ0v) is 35.1. The average Bonchev–Trinajstić information content (AvgIpc) is 3.32. The molecule has 15 heteroatoms. The molecule has 5 heterocycles. The maximum Gasteiger partial charge on any atom is 0.408 e. The van der Waals surface area contributed by atoms with Crippen molar-refractivity contribution in [3.8, 4) is 11.5 Å². The Morgan fingerprint density at radius 1 is 0.875 bits per heavy atom. The van der Waals surface area contributed by atoms with E-state index in [4.69, 9.17) is 14.2 Å². The van der Waals surface area contributed by atoms with Crippen LogP contribution in [0.3, 0.4) is 0 Å². The number of benzene rings is 4. The van der Waals surface area contributed by atoms with Gasteiger partial charge in [-0.15, -0.1) is 0 Å². The third-order valence-electron chi connectivity index (χ3n) is 11.7. The Kier molecular flexibility index (Phi) is 13.9. The van der Waals surface area contributed by atoms with Gasteiger partial charge in [-0.25, -0.2) is 9.59 Å². The second kappa shape index (κ2) is 20.4. The van der Waals surface area contributed by atoms with Gasteiger partial charge in [0.15, 0.2) is 0 Å². The van der Waals surface area contributed by atoms with Crippen molar-refractivity contribution >= 4 is 28.9 Å². The van der Waals surface area contributed by atoms with Crippen LogP contribution in [0.2, 0.25) is 0 Å². The smallest absolute Gasteiger partial charge is 0.408 e. The summed E-state index contributed by atoms with van der Waals surface area (Å²) in [6.07, 6.45) is 2.08. The number of carbonyl (C=O) groups excluding carboxylic acids is 3. The van der Waals surface area contributed by atoms with Gasteiger partial charge in [0, 0.05) is 37.3 Å². The van der Waals surface area contributed by atoms with Crippen LogP contribution in [0.15, 0.2) is 126 Å². The largest absolute Gasteiger partial charge is 0.506 e. The number of nitrogens with one attached hydrogen (secondary N) is 4. The summed E-state index contributed by atoms with van der Waals surface area (Å²) in [6, 6.07) is 33.1. The summed E-state index contributed by atoms with van der Waals surface area (Å²) in [7, 11) is 0. The minimum absolute atomic E-state index is 0.0355. The first kappa shape index (κ1) is 43.6. The topological polar surface area (TPSA) is 204 Å². The van der Waals surface area contributed by atoms with E-state index in [1.807, 2.05) is 54.6 Å². The number of pyridine rings is 2. The predicted molar refractivity (Wildman–Crippen MR) is 238 cm³/mol. The number of hydrogen-bond acceptors (Lipinski definition) is 12. The van der Waals surface area contributed by atoms with E-state index in [2.05, 4.69) is 30.8 Å². The van der Waals surface area contributed by atoms with E-state index < -0.39 is 24.2 Å². The van der Waals surface area contributed by atoms with E-state index in [1.165, 1.54) is 18.3 Å². The Labute approximate surface area is 369 Å². The van der Waals surface area contributed by atoms with Gasteiger partial charge in [-0.2, -0.15) is 0 Å². The van der Waals surface area contributed by atoms with Crippen molar-refractivity contribution < 1.29 is 38.8 Å². The van der Waals surface area contributed by atoms with E-state index in [0.29, 0.717) is 46.0 Å². The number of aliphatic hydroxyl groups excluding tert-OH is 1. The molecule has 3 fully saturated rings. The normalized spacial score (nSPS) is 17.5. The van der Waals surface area contributed by atoms with Gasteiger partial charge in [0.2, 0.25) is 5.56 Å². The number of aromatic hydroxyl groups is 1. The molecule has 3 atom stereocenters. The third kappa shape index (κ3) is 10.9. The number of esters is 1. The van der Waals surface area contributed by atoms with E-state index >= 15 is 0 Å². The van der Waals surface area contributed by atoms with E-state index in [-0.39, 0.29) is 55.1 Å². The molecule has 0 spiro atoms. The van der Waals surface area contributed by atoms with Crippen LogP contribution in [0.25, 0.3) is 10.9 Å². The van der Waals surface area contributed by atoms with Gasteiger partial charge in [-0.3, -0.25) is 19.5 Å². The molecule has 2 unspecified atom stereocenters. The summed E-state index contributed by atoms with van der Waals surface area (Å²) in [4.78, 5) is 59.7. The zero-order valence-electron chi connectivity index (χ0n) is 35.1. The Morgan fingerprint density at radius 3 is 2.41 bits per heavy atom. The molecule has 64 heavy (non-hydrogen) atoms. The summed E-state index contributed by atoms with van der Waals surface area (Å²) < 4.78 is 17.5. The monoisotopic (exact) mass is 866 g/mol. The number of ether oxygens (including phenoxy) is 3. The fourth-order valence-electron chi connectivity index (χ4n) is 8.18. The van der Waals surface area contributed by atoms with Gasteiger partial charge in [0.05, 0.1) is 41.0 Å². The number of H-pyrrole nitrogens is 1. The van der Waals surface area contributed by atoms with Crippen LogP contribution in [-0.4, -0.2) is 88.5 Å². The number of piperidine rings is 3. The van der Waals surface area contributed by atoms with Crippen LogP contribution in [-0.2, 0) is 22.6 Å². The molecule has 15 nitrogen and oxygen atoms in total. The Hall–Kier alpha value is -7.07. The molecule has 9 rings (SSSR count). The Bertz CT molecular complexity index is 2620. The maximum atomic E-state index is 13.2. The summed E-state index contributed by atoms with van der Waals surface area (Å²) in [5.41, 5.74) is 4.38. The van der Waals surface area contributed by atoms with Crippen molar-refractivity contribution in [2.24, 2.45) is 5.92 Å². The van der Waals surface area contributed by atoms with Crippen LogP contribution < -0.4 is 26.2 Å². The highest BCUT2D eigenvalue weighted by molar-refractivity contribution is 5.94. The summed E-state index contributed by atoms with van der Waals surface area (Å²) in [5.74, 6) is 0.0366. The standard InChI is InChI=1S/C49H50N6O9/c56-41-17-15-39(40-16-18-44(58)53-46(40)41)42(57)28-50-27-37-14-13-36(26-52-37)47(59)51-21-24-62-48(60)34-11-9-31(10-12-34)30-63-38-8-4-7-35(25-38)45(33-5-2-1-3-6-33)54-49(61)64-43-29-55-22-19-32(43)20-23-55/h1-18,25-26,32,42-43,45,50,56-57H,19-24,27-30H2,(H,51,59)(H,53,58)(H,54,61)/t42?,43-,45?/m0/s1. The number of phenolic OH excluding ortho intramolecular Hbond substituents is 1. The Balaban J connectivity index is 0.758. The number of phenols is 1. The highest BCUT2D eigenvalue weighted by Crippen LogP contribution is 2.31. The van der Waals surface area contributed by atoms with Crippen LogP contribution >= 0.6 is 0 Å². The van der Waals surface area contributed by atoms with Gasteiger partial charge in [-0.05, 0) is 103 Å². The number of carbonyl (C=O) groups is 3. The molecule has 330 valence electrons. The number of fused-ring (bicyclic) bond motifs is 4. The predicted octanol–water partition coefficient (Wildman–Crippen LogP) is 5.53. The molecule has 3 aliphatic rings. The molecule has 4 aromatic carbocycles. The number of hydrogen-bond donors (Lipinski definition) is 6. The number of amides is 2. The number of aromatic amines is 1. The highest BCUT2D eigenvalue weighted by Gasteiger charge is 2.37. The lowest BCUT2D eigenvalue weighted by atomic mass is 9.86. The third-order valence-corrected chi connectivity index (χ3v) is 11.7. The lowest BCUT2D eigenvalue weighted by Crippen LogP contribution is -2.52. The minimum Gasteiger partial charge on any atom is -0.506 e. The van der Waals surface area contributed by atoms with E-state index in [0.717, 1.165) is 49.2 Å². The molecule has 0 radical (unpaired) electrons. The molecule has 6 N–H and O–H groups in total. The number of rotatable bonds is 17. The first-order chi connectivity index (χ1) is 31.2. The van der Waals surface area contributed by atoms with Crippen LogP contribution in [0.1, 0.15) is 73.7 Å². The van der Waals surface area contributed by atoms with Crippen LogP contribution in [0.4, 0.5) is 4.79 Å². The van der Waals surface area contributed by atoms with E-state index in [9.17, 15) is 29.4 Å². The first-order valence-electron chi connectivity index (χ1n) is 21.4. The maximum absolute atomic E-state index is 13.2. The number of nitrogens with zero attached hydrogens (tertiary/aromatic N) is 2. The molecular weight excluding hydrogens is 817 g/mol. The average molecular weight is 867 g/mol. The van der Waals surface area contributed by atoms with Crippen molar-refractivity contribution in [1.82, 2.24) is 30.8 Å². The lowest BCUT2D eigenvalue weighted by molar-refractivity contribution is -0.0336. The second-order valence-corrected chi connectivity index (χ2v) is 16.0. The van der Waals surface area contributed by atoms with Crippen molar-refractivity contribution in [3.63, 3.8) is 0 Å². The zero-order chi connectivity index (χ0) is 44.4. The first-order valence-corrected chi connectivity index (χ1v) is 21.4. The summed E-state index contributed by atoms with van der Waals surface area (Å²) >= 11 is 0. The van der Waals surface area contributed by atoms with Crippen molar-refractivity contribution in [2.45, 2.75) is 44.2 Å². The summed E-state index contributed by atoms with van der Waals surface area (Å²) in [6.45, 7) is 3.71. The highest BCUT2D eigenvalue weighted by atomic mass is 16.6. The SMILES string of the molecule is O=C(NC(c1ccccc1)c1cccc(OCc2ccc(C(=O)OCCNC(=O)c3ccc(CNCC(O)c4ccc(O)c5[nH]c(=O)ccc45)nc3)cc2)c1)O[C@H]1CN2CCC1CC2. The molecule has 0 saturated carbocycles.